The number of carbonyl (C=O) groups excluding carboxylic acids is 2. The van der Waals surface area contributed by atoms with Crippen molar-refractivity contribution in [1.29, 1.82) is 0 Å². The maximum absolute atomic E-state index is 11.8. The summed E-state index contributed by atoms with van der Waals surface area (Å²) in [7, 11) is 0. The highest BCUT2D eigenvalue weighted by molar-refractivity contribution is 5.91. The third-order valence-corrected chi connectivity index (χ3v) is 4.02. The molecule has 1 aromatic rings. The van der Waals surface area contributed by atoms with Crippen molar-refractivity contribution in [3.63, 3.8) is 0 Å². The number of rotatable bonds is 1. The lowest BCUT2D eigenvalue weighted by Gasteiger charge is -2.30. The summed E-state index contributed by atoms with van der Waals surface area (Å²) in [4.78, 5) is 25.0. The molecule has 7 heteroatoms. The van der Waals surface area contributed by atoms with Gasteiger partial charge in [0.25, 0.3) is 0 Å². The van der Waals surface area contributed by atoms with E-state index in [0.29, 0.717) is 18.5 Å². The van der Waals surface area contributed by atoms with Gasteiger partial charge in [-0.05, 0) is 43.2 Å². The Labute approximate surface area is 116 Å². The third kappa shape index (κ3) is 2.87. The summed E-state index contributed by atoms with van der Waals surface area (Å²) in [6.07, 6.45) is 4.61. The van der Waals surface area contributed by atoms with Crippen LogP contribution in [0.25, 0.3) is 0 Å². The van der Waals surface area contributed by atoms with E-state index in [1.807, 2.05) is 0 Å². The summed E-state index contributed by atoms with van der Waals surface area (Å²) >= 11 is 0. The van der Waals surface area contributed by atoms with Crippen molar-refractivity contribution in [2.45, 2.75) is 25.7 Å². The molecular formula is C13H16N4O3. The van der Waals surface area contributed by atoms with Gasteiger partial charge in [0, 0.05) is 19.3 Å². The molecule has 0 unspecified atom stereocenters. The first-order chi connectivity index (χ1) is 9.67. The zero-order chi connectivity index (χ0) is 14.0. The van der Waals surface area contributed by atoms with Crippen molar-refractivity contribution >= 4 is 18.0 Å². The van der Waals surface area contributed by atoms with Gasteiger partial charge in [-0.1, -0.05) is 0 Å². The standard InChI is InChI=1S/C13H16N4O3/c18-11(15-10-2-1-7-14-16-10)20-12(19)17-8-5-13(3-4-13)6-9-17/h1-2,7H,3-6,8-9H2,(H,15,16,18). The summed E-state index contributed by atoms with van der Waals surface area (Å²) in [5, 5.41) is 9.65. The molecular weight excluding hydrogens is 260 g/mol. The topological polar surface area (TPSA) is 84.4 Å². The summed E-state index contributed by atoms with van der Waals surface area (Å²) in [6.45, 7) is 1.33. The van der Waals surface area contributed by atoms with Crippen LogP contribution in [0.3, 0.4) is 0 Å². The normalized spacial score (nSPS) is 19.5. The van der Waals surface area contributed by atoms with E-state index in [1.54, 1.807) is 17.0 Å². The molecule has 3 rings (SSSR count). The number of piperidine rings is 1. The van der Waals surface area contributed by atoms with Gasteiger partial charge < -0.3 is 9.64 Å². The number of ether oxygens (including phenoxy) is 1. The van der Waals surface area contributed by atoms with Crippen molar-refractivity contribution < 1.29 is 14.3 Å². The molecule has 1 saturated carbocycles. The van der Waals surface area contributed by atoms with Gasteiger partial charge in [0.2, 0.25) is 0 Å². The maximum Gasteiger partial charge on any atom is 0.421 e. The molecule has 1 spiro atoms. The number of aromatic nitrogens is 2. The Morgan fingerprint density at radius 3 is 2.60 bits per heavy atom. The summed E-state index contributed by atoms with van der Waals surface area (Å²) in [5.74, 6) is 0.251. The molecule has 1 saturated heterocycles. The van der Waals surface area contributed by atoms with Crippen LogP contribution in [0, 0.1) is 5.41 Å². The average molecular weight is 276 g/mol. The molecule has 1 aliphatic heterocycles. The number of anilines is 1. The van der Waals surface area contributed by atoms with E-state index in [9.17, 15) is 9.59 Å². The van der Waals surface area contributed by atoms with E-state index in [2.05, 4.69) is 15.5 Å². The van der Waals surface area contributed by atoms with Gasteiger partial charge in [0.1, 0.15) is 0 Å². The van der Waals surface area contributed by atoms with E-state index in [1.165, 1.54) is 19.0 Å². The van der Waals surface area contributed by atoms with Gasteiger partial charge in [-0.25, -0.2) is 9.59 Å². The molecule has 2 heterocycles. The zero-order valence-corrected chi connectivity index (χ0v) is 11.0. The lowest BCUT2D eigenvalue weighted by atomic mass is 9.94. The second-order valence-corrected chi connectivity index (χ2v) is 5.38. The molecule has 0 bridgehead atoms. The molecule has 2 fully saturated rings. The quantitative estimate of drug-likeness (QED) is 0.793. The van der Waals surface area contributed by atoms with Gasteiger partial charge >= 0.3 is 12.2 Å². The molecule has 1 N–H and O–H groups in total. The fourth-order valence-corrected chi connectivity index (χ4v) is 2.48. The van der Waals surface area contributed by atoms with Gasteiger partial charge in [-0.2, -0.15) is 5.10 Å². The van der Waals surface area contributed by atoms with Crippen LogP contribution in [0.4, 0.5) is 15.4 Å². The first-order valence-corrected chi connectivity index (χ1v) is 6.72. The fourth-order valence-electron chi connectivity index (χ4n) is 2.48. The number of nitrogens with zero attached hydrogens (tertiary/aromatic N) is 3. The van der Waals surface area contributed by atoms with E-state index < -0.39 is 12.2 Å². The van der Waals surface area contributed by atoms with Crippen LogP contribution in [-0.4, -0.2) is 40.4 Å². The van der Waals surface area contributed by atoms with Crippen molar-refractivity contribution in [3.8, 4) is 0 Å². The van der Waals surface area contributed by atoms with Crippen LogP contribution >= 0.6 is 0 Å². The molecule has 1 aliphatic carbocycles. The first kappa shape index (κ1) is 12.8. The smallest absolute Gasteiger partial charge is 0.359 e. The Bertz CT molecular complexity index is 506. The van der Waals surface area contributed by atoms with Gasteiger partial charge in [0.05, 0.1) is 0 Å². The molecule has 2 aliphatic rings. The van der Waals surface area contributed by atoms with Gasteiger partial charge in [-0.3, -0.25) is 5.32 Å². The molecule has 2 amide bonds. The first-order valence-electron chi connectivity index (χ1n) is 6.72. The predicted molar refractivity (Wildman–Crippen MR) is 70.0 cm³/mol. The van der Waals surface area contributed by atoms with E-state index in [-0.39, 0.29) is 5.82 Å². The van der Waals surface area contributed by atoms with Crippen molar-refractivity contribution in [2.75, 3.05) is 18.4 Å². The summed E-state index contributed by atoms with van der Waals surface area (Å²) < 4.78 is 4.75. The van der Waals surface area contributed by atoms with Crippen LogP contribution in [-0.2, 0) is 4.74 Å². The second kappa shape index (κ2) is 5.07. The minimum absolute atomic E-state index is 0.251. The lowest BCUT2D eigenvalue weighted by molar-refractivity contribution is 0.106. The average Bonchev–Trinajstić information content (AvgIpc) is 3.20. The lowest BCUT2D eigenvalue weighted by Crippen LogP contribution is -2.40. The summed E-state index contributed by atoms with van der Waals surface area (Å²) in [6, 6.07) is 3.20. The van der Waals surface area contributed by atoms with Crippen LogP contribution in [0.2, 0.25) is 0 Å². The molecule has 7 nitrogen and oxygen atoms in total. The highest BCUT2D eigenvalue weighted by Crippen LogP contribution is 2.53. The Balaban J connectivity index is 1.47. The Morgan fingerprint density at radius 1 is 1.25 bits per heavy atom. The van der Waals surface area contributed by atoms with E-state index >= 15 is 0 Å². The van der Waals surface area contributed by atoms with E-state index in [4.69, 9.17) is 4.74 Å². The number of nitrogens with one attached hydrogen (secondary N) is 1. The highest BCUT2D eigenvalue weighted by atomic mass is 16.6. The minimum Gasteiger partial charge on any atom is -0.359 e. The maximum atomic E-state index is 11.8. The molecule has 0 atom stereocenters. The van der Waals surface area contributed by atoms with Gasteiger partial charge in [0.15, 0.2) is 5.82 Å². The van der Waals surface area contributed by atoms with Crippen molar-refractivity contribution in [3.05, 3.63) is 18.3 Å². The van der Waals surface area contributed by atoms with Crippen LogP contribution in [0.15, 0.2) is 18.3 Å². The largest absolute Gasteiger partial charge is 0.421 e. The van der Waals surface area contributed by atoms with Crippen LogP contribution in [0.1, 0.15) is 25.7 Å². The highest BCUT2D eigenvalue weighted by Gasteiger charge is 2.45. The molecule has 20 heavy (non-hydrogen) atoms. The Kier molecular flexibility index (Phi) is 3.25. The molecule has 106 valence electrons. The molecule has 1 aromatic heterocycles. The number of carbonyl (C=O) groups is 2. The SMILES string of the molecule is O=C(Nc1cccnn1)OC(=O)N1CCC2(CC1)CC2. The zero-order valence-electron chi connectivity index (χ0n) is 11.0. The molecule has 0 aromatic carbocycles. The number of hydrogen-bond acceptors (Lipinski definition) is 5. The number of hydrogen-bond donors (Lipinski definition) is 1. The van der Waals surface area contributed by atoms with E-state index in [0.717, 1.165) is 12.8 Å². The monoisotopic (exact) mass is 276 g/mol. The Hall–Kier alpha value is -2.18. The third-order valence-electron chi connectivity index (χ3n) is 4.02. The Morgan fingerprint density at radius 2 is 2.00 bits per heavy atom. The second-order valence-electron chi connectivity index (χ2n) is 5.38. The predicted octanol–water partition coefficient (Wildman–Crippen LogP) is 2.02. The molecule has 0 radical (unpaired) electrons. The minimum atomic E-state index is -0.831. The number of amides is 2. The summed E-state index contributed by atoms with van der Waals surface area (Å²) in [5.41, 5.74) is 0.485. The number of likely N-dealkylation sites (tertiary alicyclic amines) is 1. The van der Waals surface area contributed by atoms with Crippen LogP contribution < -0.4 is 5.32 Å². The van der Waals surface area contributed by atoms with Gasteiger partial charge in [-0.15, -0.1) is 5.10 Å². The van der Waals surface area contributed by atoms with Crippen molar-refractivity contribution in [2.24, 2.45) is 5.41 Å². The van der Waals surface area contributed by atoms with Crippen LogP contribution in [0.5, 0.6) is 0 Å². The van der Waals surface area contributed by atoms with Crippen molar-refractivity contribution in [1.82, 2.24) is 15.1 Å². The fraction of sp³-hybridized carbons (Fsp3) is 0.538.